The second-order valence-electron chi connectivity index (χ2n) is 3.33. The van der Waals surface area contributed by atoms with E-state index in [0.29, 0.717) is 5.92 Å². The Kier molecular flexibility index (Phi) is 3.63. The Balaban J connectivity index is 2.27. The molecule has 0 bridgehead atoms. The van der Waals surface area contributed by atoms with Crippen molar-refractivity contribution in [3.63, 3.8) is 0 Å². The monoisotopic (exact) mass is 176 g/mol. The highest BCUT2D eigenvalue weighted by Gasteiger charge is 2.22. The number of hydrogen-bond acceptors (Lipinski definition) is 2. The summed E-state index contributed by atoms with van der Waals surface area (Å²) in [6, 6.07) is 0. The first-order valence-corrected chi connectivity index (χ1v) is 4.67. The lowest BCUT2D eigenvalue weighted by Crippen LogP contribution is -2.38. The lowest BCUT2D eigenvalue weighted by atomic mass is 9.97. The highest BCUT2D eigenvalue weighted by atomic mass is 35.5. The summed E-state index contributed by atoms with van der Waals surface area (Å²) in [5.41, 5.74) is 0.170. The van der Waals surface area contributed by atoms with Crippen molar-refractivity contribution >= 4 is 11.6 Å². The average molecular weight is 177 g/mol. The number of piperidine rings is 1. The van der Waals surface area contributed by atoms with Crippen LogP contribution in [0.1, 0.15) is 12.8 Å². The second-order valence-corrected chi connectivity index (χ2v) is 3.80. The first-order chi connectivity index (χ1) is 5.24. The fourth-order valence-corrected chi connectivity index (χ4v) is 1.81. The molecule has 3 heteroatoms. The van der Waals surface area contributed by atoms with Gasteiger partial charge in [-0.25, -0.2) is 0 Å². The Labute approximate surface area is 73.9 Å². The van der Waals surface area contributed by atoms with Crippen LogP contribution in [0.15, 0.2) is 0 Å². The van der Waals surface area contributed by atoms with Gasteiger partial charge in [0, 0.05) is 0 Å². The fraction of sp³-hybridized carbons (Fsp3) is 1.00. The van der Waals surface area contributed by atoms with E-state index in [4.69, 9.17) is 11.6 Å². The highest BCUT2D eigenvalue weighted by Crippen LogP contribution is 2.21. The number of alkyl halides is 1. The molecule has 1 aliphatic rings. The third-order valence-electron chi connectivity index (χ3n) is 2.45. The SMILES string of the molecule is CNC(Cl)C1CCN(C)CC1. The summed E-state index contributed by atoms with van der Waals surface area (Å²) in [6.45, 7) is 2.38. The van der Waals surface area contributed by atoms with Crippen LogP contribution in [0.4, 0.5) is 0 Å². The first-order valence-electron chi connectivity index (χ1n) is 4.24. The topological polar surface area (TPSA) is 15.3 Å². The smallest absolute Gasteiger partial charge is 0.0852 e. The van der Waals surface area contributed by atoms with Gasteiger partial charge in [0.2, 0.25) is 0 Å². The second kappa shape index (κ2) is 4.29. The van der Waals surface area contributed by atoms with E-state index in [1.54, 1.807) is 0 Å². The molecule has 66 valence electrons. The molecule has 0 amide bonds. The Morgan fingerprint density at radius 3 is 2.45 bits per heavy atom. The third kappa shape index (κ3) is 2.62. The third-order valence-corrected chi connectivity index (χ3v) is 3.03. The van der Waals surface area contributed by atoms with Crippen LogP contribution in [-0.4, -0.2) is 37.6 Å². The Morgan fingerprint density at radius 2 is 2.00 bits per heavy atom. The number of rotatable bonds is 2. The zero-order chi connectivity index (χ0) is 8.27. The minimum Gasteiger partial charge on any atom is -0.306 e. The molecule has 1 N–H and O–H groups in total. The predicted molar refractivity (Wildman–Crippen MR) is 48.9 cm³/mol. The molecular weight excluding hydrogens is 160 g/mol. The summed E-state index contributed by atoms with van der Waals surface area (Å²) in [4.78, 5) is 2.36. The van der Waals surface area contributed by atoms with Crippen molar-refractivity contribution in [3.05, 3.63) is 0 Å². The van der Waals surface area contributed by atoms with Crippen LogP contribution in [0.25, 0.3) is 0 Å². The van der Waals surface area contributed by atoms with Gasteiger partial charge in [0.15, 0.2) is 0 Å². The first kappa shape index (κ1) is 9.30. The van der Waals surface area contributed by atoms with Crippen molar-refractivity contribution in [2.45, 2.75) is 18.3 Å². The van der Waals surface area contributed by atoms with E-state index in [9.17, 15) is 0 Å². The van der Waals surface area contributed by atoms with Crippen molar-refractivity contribution in [3.8, 4) is 0 Å². The normalized spacial score (nSPS) is 25.4. The van der Waals surface area contributed by atoms with Gasteiger partial charge in [-0.15, -0.1) is 11.6 Å². The Hall–Kier alpha value is 0.210. The van der Waals surface area contributed by atoms with E-state index in [1.165, 1.54) is 25.9 Å². The number of nitrogens with zero attached hydrogens (tertiary/aromatic N) is 1. The van der Waals surface area contributed by atoms with E-state index < -0.39 is 0 Å². The quantitative estimate of drug-likeness (QED) is 0.501. The van der Waals surface area contributed by atoms with E-state index in [-0.39, 0.29) is 5.50 Å². The maximum absolute atomic E-state index is 6.06. The average Bonchev–Trinajstić information content (AvgIpc) is 2.05. The van der Waals surface area contributed by atoms with Crippen molar-refractivity contribution in [1.29, 1.82) is 0 Å². The molecule has 0 radical (unpaired) electrons. The standard InChI is InChI=1S/C8H17ClN2/c1-10-8(9)7-3-5-11(2)6-4-7/h7-8,10H,3-6H2,1-2H3. The van der Waals surface area contributed by atoms with Crippen LogP contribution in [0.2, 0.25) is 0 Å². The Bertz CT molecular complexity index is 111. The van der Waals surface area contributed by atoms with Crippen LogP contribution in [0.3, 0.4) is 0 Å². The molecule has 1 unspecified atom stereocenters. The molecule has 1 rings (SSSR count). The molecule has 0 aromatic carbocycles. The molecule has 0 saturated carbocycles. The fourth-order valence-electron chi connectivity index (χ4n) is 1.56. The van der Waals surface area contributed by atoms with Crippen molar-refractivity contribution in [1.82, 2.24) is 10.2 Å². The molecule has 11 heavy (non-hydrogen) atoms. The number of nitrogens with one attached hydrogen (secondary N) is 1. The number of halogens is 1. The largest absolute Gasteiger partial charge is 0.306 e. The van der Waals surface area contributed by atoms with Crippen molar-refractivity contribution in [2.24, 2.45) is 5.92 Å². The van der Waals surface area contributed by atoms with Gasteiger partial charge in [-0.05, 0) is 45.9 Å². The number of hydrogen-bond donors (Lipinski definition) is 1. The summed E-state index contributed by atoms with van der Waals surface area (Å²) < 4.78 is 0. The van der Waals surface area contributed by atoms with Crippen molar-refractivity contribution < 1.29 is 0 Å². The van der Waals surface area contributed by atoms with Crippen LogP contribution >= 0.6 is 11.6 Å². The molecule has 0 aliphatic carbocycles. The van der Waals surface area contributed by atoms with Gasteiger partial charge in [-0.3, -0.25) is 0 Å². The molecule has 1 fully saturated rings. The van der Waals surface area contributed by atoms with E-state index in [1.807, 2.05) is 7.05 Å². The zero-order valence-corrected chi connectivity index (χ0v) is 8.06. The van der Waals surface area contributed by atoms with E-state index in [2.05, 4.69) is 17.3 Å². The summed E-state index contributed by atoms with van der Waals surface area (Å²) in [6.07, 6.45) is 2.46. The molecule has 1 aliphatic heterocycles. The van der Waals surface area contributed by atoms with Crippen LogP contribution in [0, 0.1) is 5.92 Å². The highest BCUT2D eigenvalue weighted by molar-refractivity contribution is 6.20. The molecule has 0 spiro atoms. The Morgan fingerprint density at radius 1 is 1.45 bits per heavy atom. The maximum atomic E-state index is 6.06. The zero-order valence-electron chi connectivity index (χ0n) is 7.31. The van der Waals surface area contributed by atoms with E-state index >= 15 is 0 Å². The molecule has 1 atom stereocenters. The van der Waals surface area contributed by atoms with Gasteiger partial charge in [0.05, 0.1) is 5.50 Å². The molecule has 2 nitrogen and oxygen atoms in total. The summed E-state index contributed by atoms with van der Waals surface area (Å²) in [5.74, 6) is 0.665. The molecule has 1 heterocycles. The molecule has 0 aromatic heterocycles. The van der Waals surface area contributed by atoms with Crippen LogP contribution in [0.5, 0.6) is 0 Å². The van der Waals surface area contributed by atoms with Gasteiger partial charge in [0.1, 0.15) is 0 Å². The lowest BCUT2D eigenvalue weighted by Gasteiger charge is -2.31. The van der Waals surface area contributed by atoms with Gasteiger partial charge < -0.3 is 10.2 Å². The summed E-state index contributed by atoms with van der Waals surface area (Å²) >= 11 is 6.06. The molecule has 1 saturated heterocycles. The predicted octanol–water partition coefficient (Wildman–Crippen LogP) is 1.11. The lowest BCUT2D eigenvalue weighted by molar-refractivity contribution is 0.209. The molecule has 0 aromatic rings. The number of likely N-dealkylation sites (tertiary alicyclic amines) is 1. The van der Waals surface area contributed by atoms with Gasteiger partial charge in [-0.2, -0.15) is 0 Å². The minimum atomic E-state index is 0.170. The van der Waals surface area contributed by atoms with E-state index in [0.717, 1.165) is 0 Å². The maximum Gasteiger partial charge on any atom is 0.0852 e. The van der Waals surface area contributed by atoms with Crippen molar-refractivity contribution in [2.75, 3.05) is 27.2 Å². The van der Waals surface area contributed by atoms with Gasteiger partial charge >= 0.3 is 0 Å². The summed E-state index contributed by atoms with van der Waals surface area (Å²) in [7, 11) is 4.09. The van der Waals surface area contributed by atoms with Crippen LogP contribution in [-0.2, 0) is 0 Å². The summed E-state index contributed by atoms with van der Waals surface area (Å²) in [5, 5.41) is 3.10. The van der Waals surface area contributed by atoms with Gasteiger partial charge in [-0.1, -0.05) is 0 Å². The van der Waals surface area contributed by atoms with Crippen LogP contribution < -0.4 is 5.32 Å². The minimum absolute atomic E-state index is 0.170. The molecular formula is C8H17ClN2. The van der Waals surface area contributed by atoms with Gasteiger partial charge in [0.25, 0.3) is 0 Å².